The first-order valence-corrected chi connectivity index (χ1v) is 6.82. The van der Waals surface area contributed by atoms with Crippen molar-refractivity contribution in [1.29, 1.82) is 0 Å². The molecule has 3 aliphatic heterocycles. The fourth-order valence-electron chi connectivity index (χ4n) is 3.09. The molecule has 0 saturated carbocycles. The number of carbonyl (C=O) groups excluding carboxylic acids is 2. The van der Waals surface area contributed by atoms with Crippen LogP contribution in [0, 0.1) is 0 Å². The van der Waals surface area contributed by atoms with Crippen molar-refractivity contribution in [2.24, 2.45) is 0 Å². The summed E-state index contributed by atoms with van der Waals surface area (Å²) in [6.45, 7) is 3.62. The molecule has 2 N–H and O–H groups in total. The fourth-order valence-corrected chi connectivity index (χ4v) is 3.09. The normalized spacial score (nSPS) is 30.4. The van der Waals surface area contributed by atoms with Gasteiger partial charge >= 0.3 is 6.03 Å². The molecule has 3 amide bonds. The molecule has 3 aliphatic rings. The van der Waals surface area contributed by atoms with Gasteiger partial charge in [0.1, 0.15) is 0 Å². The number of nitrogens with one attached hydrogen (secondary N) is 2. The van der Waals surface area contributed by atoms with Gasteiger partial charge in [0.15, 0.2) is 0 Å². The van der Waals surface area contributed by atoms with Crippen LogP contribution in [0.5, 0.6) is 0 Å². The second-order valence-electron chi connectivity index (χ2n) is 5.32. The molecule has 0 aromatic rings. The molecule has 0 aliphatic carbocycles. The van der Waals surface area contributed by atoms with Gasteiger partial charge in [-0.3, -0.25) is 4.79 Å². The molecule has 0 bridgehead atoms. The number of rotatable bonds is 1. The van der Waals surface area contributed by atoms with Crippen molar-refractivity contribution in [2.75, 3.05) is 32.7 Å². The monoisotopic (exact) mass is 288 g/mol. The first-order valence-electron chi connectivity index (χ1n) is 6.82. The summed E-state index contributed by atoms with van der Waals surface area (Å²) >= 11 is 0. The molecule has 19 heavy (non-hydrogen) atoms. The minimum Gasteiger partial charge on any atom is -0.337 e. The molecule has 108 valence electrons. The third-order valence-corrected chi connectivity index (χ3v) is 4.15. The predicted octanol–water partition coefficient (Wildman–Crippen LogP) is -0.214. The standard InChI is InChI=1S/C12H20N4O2.ClH/c17-11(10-3-1-2-4-13-10)15-5-6-16-9(8-15)7-14-12(16)18;/h9-10,13H,1-8H2,(H,14,18);1H. The van der Waals surface area contributed by atoms with Crippen molar-refractivity contribution in [2.45, 2.75) is 31.3 Å². The highest BCUT2D eigenvalue weighted by atomic mass is 35.5. The topological polar surface area (TPSA) is 64.7 Å². The summed E-state index contributed by atoms with van der Waals surface area (Å²) in [5.41, 5.74) is 0. The van der Waals surface area contributed by atoms with Crippen LogP contribution >= 0.6 is 12.4 Å². The molecule has 2 atom stereocenters. The van der Waals surface area contributed by atoms with E-state index < -0.39 is 0 Å². The summed E-state index contributed by atoms with van der Waals surface area (Å²) < 4.78 is 0. The maximum atomic E-state index is 12.4. The van der Waals surface area contributed by atoms with E-state index in [1.165, 1.54) is 6.42 Å². The van der Waals surface area contributed by atoms with Crippen molar-refractivity contribution in [3.8, 4) is 0 Å². The Hall–Kier alpha value is -1.01. The Balaban J connectivity index is 0.00000133. The van der Waals surface area contributed by atoms with Gasteiger partial charge in [0.25, 0.3) is 0 Å². The van der Waals surface area contributed by atoms with Gasteiger partial charge in [-0.2, -0.15) is 0 Å². The van der Waals surface area contributed by atoms with Crippen molar-refractivity contribution in [3.05, 3.63) is 0 Å². The number of halogens is 1. The molecular formula is C12H21ClN4O2. The lowest BCUT2D eigenvalue weighted by Gasteiger charge is -2.38. The fraction of sp³-hybridized carbons (Fsp3) is 0.833. The van der Waals surface area contributed by atoms with E-state index in [0.29, 0.717) is 26.2 Å². The lowest BCUT2D eigenvalue weighted by molar-refractivity contribution is -0.136. The zero-order chi connectivity index (χ0) is 12.5. The first kappa shape index (κ1) is 14.4. The number of piperidine rings is 1. The SMILES string of the molecule is Cl.O=C(C1CCCCN1)N1CCN2C(=O)NCC2C1. The van der Waals surface area contributed by atoms with E-state index in [-0.39, 0.29) is 36.4 Å². The Morgan fingerprint density at radius 3 is 2.84 bits per heavy atom. The van der Waals surface area contributed by atoms with Crippen molar-refractivity contribution >= 4 is 24.3 Å². The molecule has 2 unspecified atom stereocenters. The summed E-state index contributed by atoms with van der Waals surface area (Å²) in [4.78, 5) is 27.6. The second-order valence-corrected chi connectivity index (χ2v) is 5.32. The lowest BCUT2D eigenvalue weighted by atomic mass is 10.0. The molecule has 3 saturated heterocycles. The Morgan fingerprint density at radius 1 is 1.26 bits per heavy atom. The van der Waals surface area contributed by atoms with E-state index >= 15 is 0 Å². The molecular weight excluding hydrogens is 268 g/mol. The van der Waals surface area contributed by atoms with Crippen LogP contribution in [0.25, 0.3) is 0 Å². The van der Waals surface area contributed by atoms with E-state index in [1.807, 2.05) is 9.80 Å². The van der Waals surface area contributed by atoms with E-state index in [4.69, 9.17) is 0 Å². The van der Waals surface area contributed by atoms with Crippen LogP contribution in [0.2, 0.25) is 0 Å². The first-order chi connectivity index (χ1) is 8.75. The average molecular weight is 289 g/mol. The molecule has 3 heterocycles. The maximum absolute atomic E-state index is 12.4. The summed E-state index contributed by atoms with van der Waals surface area (Å²) in [5, 5.41) is 6.13. The Morgan fingerprint density at radius 2 is 2.11 bits per heavy atom. The molecule has 0 spiro atoms. The van der Waals surface area contributed by atoms with Gasteiger partial charge in [-0.05, 0) is 19.4 Å². The largest absolute Gasteiger partial charge is 0.337 e. The van der Waals surface area contributed by atoms with Crippen LogP contribution in [-0.2, 0) is 4.79 Å². The van der Waals surface area contributed by atoms with Gasteiger partial charge in [0.05, 0.1) is 12.1 Å². The highest BCUT2D eigenvalue weighted by Crippen LogP contribution is 2.17. The van der Waals surface area contributed by atoms with Crippen LogP contribution in [-0.4, -0.2) is 66.5 Å². The molecule has 7 heteroatoms. The number of piperazine rings is 1. The van der Waals surface area contributed by atoms with Gasteiger partial charge in [-0.1, -0.05) is 6.42 Å². The zero-order valence-corrected chi connectivity index (χ0v) is 11.7. The summed E-state index contributed by atoms with van der Waals surface area (Å²) in [7, 11) is 0. The third kappa shape index (κ3) is 2.79. The van der Waals surface area contributed by atoms with Gasteiger partial charge < -0.3 is 20.4 Å². The van der Waals surface area contributed by atoms with Crippen molar-refractivity contribution in [3.63, 3.8) is 0 Å². The predicted molar refractivity (Wildman–Crippen MR) is 73.4 cm³/mol. The Labute approximate surface area is 119 Å². The molecule has 3 rings (SSSR count). The number of hydrogen-bond donors (Lipinski definition) is 2. The molecule has 3 fully saturated rings. The van der Waals surface area contributed by atoms with Gasteiger partial charge in [0.2, 0.25) is 5.91 Å². The maximum Gasteiger partial charge on any atom is 0.317 e. The summed E-state index contributed by atoms with van der Waals surface area (Å²) in [6.07, 6.45) is 3.24. The number of carbonyl (C=O) groups is 2. The van der Waals surface area contributed by atoms with Crippen molar-refractivity contribution < 1.29 is 9.59 Å². The van der Waals surface area contributed by atoms with Crippen LogP contribution in [0.4, 0.5) is 4.79 Å². The minimum atomic E-state index is -0.00429. The zero-order valence-electron chi connectivity index (χ0n) is 10.9. The van der Waals surface area contributed by atoms with E-state index in [2.05, 4.69) is 10.6 Å². The minimum absolute atomic E-state index is 0. The second kappa shape index (κ2) is 5.96. The highest BCUT2D eigenvalue weighted by molar-refractivity contribution is 5.85. The third-order valence-electron chi connectivity index (χ3n) is 4.15. The molecule has 0 radical (unpaired) electrons. The van der Waals surface area contributed by atoms with Gasteiger partial charge in [0, 0.05) is 26.2 Å². The van der Waals surface area contributed by atoms with Crippen LogP contribution in [0.1, 0.15) is 19.3 Å². The van der Waals surface area contributed by atoms with Gasteiger partial charge in [-0.15, -0.1) is 12.4 Å². The van der Waals surface area contributed by atoms with E-state index in [0.717, 1.165) is 19.4 Å². The van der Waals surface area contributed by atoms with Crippen LogP contribution < -0.4 is 10.6 Å². The van der Waals surface area contributed by atoms with E-state index in [9.17, 15) is 9.59 Å². The van der Waals surface area contributed by atoms with Gasteiger partial charge in [-0.25, -0.2) is 4.79 Å². The van der Waals surface area contributed by atoms with E-state index in [1.54, 1.807) is 0 Å². The molecule has 0 aromatic carbocycles. The highest BCUT2D eigenvalue weighted by Gasteiger charge is 2.38. The molecule has 6 nitrogen and oxygen atoms in total. The van der Waals surface area contributed by atoms with Crippen molar-refractivity contribution in [1.82, 2.24) is 20.4 Å². The Bertz CT molecular complexity index is 360. The molecule has 0 aromatic heterocycles. The summed E-state index contributed by atoms with van der Waals surface area (Å²) in [5.74, 6) is 0.216. The quantitative estimate of drug-likeness (QED) is 0.702. The number of urea groups is 1. The van der Waals surface area contributed by atoms with Crippen LogP contribution in [0.3, 0.4) is 0 Å². The van der Waals surface area contributed by atoms with Crippen LogP contribution in [0.15, 0.2) is 0 Å². The average Bonchev–Trinajstić information content (AvgIpc) is 2.80. The smallest absolute Gasteiger partial charge is 0.317 e. The number of fused-ring (bicyclic) bond motifs is 1. The summed E-state index contributed by atoms with van der Waals surface area (Å²) in [6, 6.07) is 0.178. The number of nitrogens with zero attached hydrogens (tertiary/aromatic N) is 2. The lowest BCUT2D eigenvalue weighted by Crippen LogP contribution is -2.58. The number of hydrogen-bond acceptors (Lipinski definition) is 3. The Kier molecular flexibility index (Phi) is 4.52. The number of amides is 3.